The zero-order chi connectivity index (χ0) is 19.8. The monoisotopic (exact) mass is 388 g/mol. The van der Waals surface area contributed by atoms with Crippen LogP contribution in [-0.2, 0) is 21.9 Å². The van der Waals surface area contributed by atoms with E-state index in [2.05, 4.69) is 5.32 Å². The number of benzene rings is 2. The van der Waals surface area contributed by atoms with E-state index >= 15 is 0 Å². The molecule has 4 nitrogen and oxygen atoms in total. The second kappa shape index (κ2) is 10.1. The highest BCUT2D eigenvalue weighted by Crippen LogP contribution is 2.17. The Morgan fingerprint density at radius 3 is 2.44 bits per heavy atom. The van der Waals surface area contributed by atoms with Crippen LogP contribution in [0.15, 0.2) is 48.5 Å². The maximum atomic E-state index is 13.0. The lowest BCUT2D eigenvalue weighted by Crippen LogP contribution is -2.47. The zero-order valence-corrected chi connectivity index (χ0v) is 16.7. The van der Waals surface area contributed by atoms with Crippen molar-refractivity contribution in [3.05, 3.63) is 71.0 Å². The number of hydrogen-bond donors (Lipinski definition) is 1. The van der Waals surface area contributed by atoms with Crippen LogP contribution in [0.2, 0.25) is 0 Å². The first-order valence-electron chi connectivity index (χ1n) is 8.80. The summed E-state index contributed by atoms with van der Waals surface area (Å²) in [5, 5.41) is 2.61. The van der Waals surface area contributed by atoms with Crippen LogP contribution in [0.4, 0.5) is 4.39 Å². The molecule has 0 spiro atoms. The van der Waals surface area contributed by atoms with Crippen molar-refractivity contribution in [3.63, 3.8) is 0 Å². The van der Waals surface area contributed by atoms with E-state index in [1.54, 1.807) is 31.0 Å². The molecule has 2 aromatic carbocycles. The van der Waals surface area contributed by atoms with Crippen molar-refractivity contribution in [3.8, 4) is 0 Å². The average Bonchev–Trinajstić information content (AvgIpc) is 2.67. The van der Waals surface area contributed by atoms with Gasteiger partial charge in [-0.15, -0.1) is 11.8 Å². The Morgan fingerprint density at radius 2 is 1.81 bits per heavy atom. The number of likely N-dealkylation sites (N-methyl/N-ethyl adjacent to an activating group) is 1. The number of rotatable bonds is 8. The second-order valence-corrected chi connectivity index (χ2v) is 7.34. The summed E-state index contributed by atoms with van der Waals surface area (Å²) < 4.78 is 13.0. The lowest BCUT2D eigenvalue weighted by atomic mass is 10.1. The largest absolute Gasteiger partial charge is 0.357 e. The van der Waals surface area contributed by atoms with E-state index in [1.165, 1.54) is 23.9 Å². The van der Waals surface area contributed by atoms with Gasteiger partial charge in [0.15, 0.2) is 0 Å². The van der Waals surface area contributed by atoms with Gasteiger partial charge >= 0.3 is 0 Å². The fourth-order valence-electron chi connectivity index (χ4n) is 2.68. The van der Waals surface area contributed by atoms with Gasteiger partial charge in [-0.3, -0.25) is 9.59 Å². The Morgan fingerprint density at radius 1 is 1.15 bits per heavy atom. The van der Waals surface area contributed by atoms with E-state index in [0.29, 0.717) is 12.3 Å². The standard InChI is InChI=1S/C21H25FN2O2S/c1-15-6-4-5-7-18(15)12-24(16(2)21(26)23-3)20(25)14-27-13-17-8-10-19(22)11-9-17/h4-11,16H,12-14H2,1-3H3,(H,23,26)/t16-/m0/s1. The Balaban J connectivity index is 2.04. The predicted molar refractivity (Wildman–Crippen MR) is 108 cm³/mol. The summed E-state index contributed by atoms with van der Waals surface area (Å²) in [5.41, 5.74) is 3.06. The molecule has 1 N–H and O–H groups in total. The molecular weight excluding hydrogens is 363 g/mol. The first-order valence-corrected chi connectivity index (χ1v) is 9.95. The number of carbonyl (C=O) groups excluding carboxylic acids is 2. The molecule has 2 amide bonds. The summed E-state index contributed by atoms with van der Waals surface area (Å²) in [7, 11) is 1.57. The van der Waals surface area contributed by atoms with Gasteiger partial charge in [-0.1, -0.05) is 36.4 Å². The van der Waals surface area contributed by atoms with Crippen molar-refractivity contribution >= 4 is 23.6 Å². The van der Waals surface area contributed by atoms with Gasteiger partial charge in [0.05, 0.1) is 5.75 Å². The van der Waals surface area contributed by atoms with Gasteiger partial charge in [0, 0.05) is 19.3 Å². The molecule has 2 rings (SSSR count). The van der Waals surface area contributed by atoms with Gasteiger partial charge in [-0.05, 0) is 42.7 Å². The van der Waals surface area contributed by atoms with Crippen LogP contribution in [0, 0.1) is 12.7 Å². The quantitative estimate of drug-likeness (QED) is 0.753. The number of thioether (sulfide) groups is 1. The summed E-state index contributed by atoms with van der Waals surface area (Å²) in [5.74, 6) is 0.300. The minimum absolute atomic E-state index is 0.0959. The van der Waals surface area contributed by atoms with Crippen LogP contribution in [0.5, 0.6) is 0 Å². The van der Waals surface area contributed by atoms with E-state index in [9.17, 15) is 14.0 Å². The molecular formula is C21H25FN2O2S. The number of hydrogen-bond acceptors (Lipinski definition) is 3. The predicted octanol–water partition coefficient (Wildman–Crippen LogP) is 3.53. The van der Waals surface area contributed by atoms with Gasteiger partial charge in [-0.25, -0.2) is 4.39 Å². The molecule has 0 bridgehead atoms. The Hall–Kier alpha value is -2.34. The SMILES string of the molecule is CNC(=O)[C@H](C)N(Cc1ccccc1C)C(=O)CSCc1ccc(F)cc1. The molecule has 1 atom stereocenters. The molecule has 0 aliphatic carbocycles. The van der Waals surface area contributed by atoms with E-state index in [1.807, 2.05) is 31.2 Å². The van der Waals surface area contributed by atoms with Gasteiger partial charge in [0.25, 0.3) is 0 Å². The van der Waals surface area contributed by atoms with E-state index in [-0.39, 0.29) is 23.4 Å². The molecule has 0 saturated carbocycles. The highest BCUT2D eigenvalue weighted by Gasteiger charge is 2.25. The molecule has 0 fully saturated rings. The van der Waals surface area contributed by atoms with Crippen molar-refractivity contribution in [1.82, 2.24) is 10.2 Å². The fraction of sp³-hybridized carbons (Fsp3) is 0.333. The molecule has 0 heterocycles. The molecule has 0 aliphatic rings. The minimum atomic E-state index is -0.562. The van der Waals surface area contributed by atoms with Crippen molar-refractivity contribution in [2.24, 2.45) is 0 Å². The topological polar surface area (TPSA) is 49.4 Å². The minimum Gasteiger partial charge on any atom is -0.357 e. The summed E-state index contributed by atoms with van der Waals surface area (Å²) in [6, 6.07) is 13.5. The zero-order valence-electron chi connectivity index (χ0n) is 15.9. The maximum Gasteiger partial charge on any atom is 0.242 e. The molecule has 0 aliphatic heterocycles. The molecule has 144 valence electrons. The number of nitrogens with one attached hydrogen (secondary N) is 1. The summed E-state index contributed by atoms with van der Waals surface area (Å²) >= 11 is 1.45. The van der Waals surface area contributed by atoms with E-state index in [4.69, 9.17) is 0 Å². The van der Waals surface area contributed by atoms with Crippen LogP contribution >= 0.6 is 11.8 Å². The summed E-state index contributed by atoms with van der Waals surface area (Å²) in [4.78, 5) is 26.6. The lowest BCUT2D eigenvalue weighted by molar-refractivity contribution is -0.138. The highest BCUT2D eigenvalue weighted by molar-refractivity contribution is 7.99. The number of nitrogens with zero attached hydrogens (tertiary/aromatic N) is 1. The molecule has 0 unspecified atom stereocenters. The number of aryl methyl sites for hydroxylation is 1. The van der Waals surface area contributed by atoms with E-state index in [0.717, 1.165) is 16.7 Å². The van der Waals surface area contributed by atoms with Crippen LogP contribution in [0.3, 0.4) is 0 Å². The molecule has 0 radical (unpaired) electrons. The second-order valence-electron chi connectivity index (χ2n) is 6.36. The molecule has 2 aromatic rings. The number of carbonyl (C=O) groups is 2. The lowest BCUT2D eigenvalue weighted by Gasteiger charge is -2.29. The van der Waals surface area contributed by atoms with Crippen LogP contribution in [0.25, 0.3) is 0 Å². The number of amides is 2. The third-order valence-electron chi connectivity index (χ3n) is 4.42. The van der Waals surface area contributed by atoms with Crippen LogP contribution < -0.4 is 5.32 Å². The molecule has 0 aromatic heterocycles. The third kappa shape index (κ3) is 6.10. The van der Waals surface area contributed by atoms with Gasteiger partial charge < -0.3 is 10.2 Å². The Labute approximate surface area is 164 Å². The van der Waals surface area contributed by atoms with Crippen molar-refractivity contribution < 1.29 is 14.0 Å². The van der Waals surface area contributed by atoms with Crippen molar-refractivity contribution in [2.75, 3.05) is 12.8 Å². The maximum absolute atomic E-state index is 13.0. The highest BCUT2D eigenvalue weighted by atomic mass is 32.2. The Kier molecular flexibility index (Phi) is 7.85. The molecule has 6 heteroatoms. The first-order chi connectivity index (χ1) is 12.9. The fourth-order valence-corrected chi connectivity index (χ4v) is 3.55. The summed E-state index contributed by atoms with van der Waals surface area (Å²) in [6.45, 7) is 4.11. The number of halogens is 1. The van der Waals surface area contributed by atoms with Crippen LogP contribution in [0.1, 0.15) is 23.6 Å². The third-order valence-corrected chi connectivity index (χ3v) is 5.41. The average molecular weight is 389 g/mol. The van der Waals surface area contributed by atoms with Gasteiger partial charge in [0.1, 0.15) is 11.9 Å². The summed E-state index contributed by atoms with van der Waals surface area (Å²) in [6.07, 6.45) is 0. The first kappa shape index (κ1) is 21.0. The Bertz CT molecular complexity index is 780. The molecule has 27 heavy (non-hydrogen) atoms. The van der Waals surface area contributed by atoms with Crippen molar-refractivity contribution in [2.45, 2.75) is 32.2 Å². The molecule has 0 saturated heterocycles. The normalized spacial score (nSPS) is 11.7. The van der Waals surface area contributed by atoms with Gasteiger partial charge in [-0.2, -0.15) is 0 Å². The van der Waals surface area contributed by atoms with E-state index < -0.39 is 6.04 Å². The van der Waals surface area contributed by atoms with Crippen molar-refractivity contribution in [1.29, 1.82) is 0 Å². The van der Waals surface area contributed by atoms with Crippen LogP contribution in [-0.4, -0.2) is 35.6 Å². The smallest absolute Gasteiger partial charge is 0.242 e. The van der Waals surface area contributed by atoms with Gasteiger partial charge in [0.2, 0.25) is 11.8 Å².